The van der Waals surface area contributed by atoms with Gasteiger partial charge in [-0.2, -0.15) is 0 Å². The summed E-state index contributed by atoms with van der Waals surface area (Å²) in [6.07, 6.45) is 2.96. The number of anilines is 2. The predicted octanol–water partition coefficient (Wildman–Crippen LogP) is 4.24. The second-order valence-electron chi connectivity index (χ2n) is 4.85. The van der Waals surface area contributed by atoms with Gasteiger partial charge in [0.2, 0.25) is 0 Å². The van der Waals surface area contributed by atoms with E-state index in [-0.39, 0.29) is 0 Å². The molecule has 0 spiro atoms. The van der Waals surface area contributed by atoms with E-state index >= 15 is 0 Å². The van der Waals surface area contributed by atoms with Crippen molar-refractivity contribution in [3.8, 4) is 0 Å². The molecule has 3 heteroatoms. The molecule has 2 aromatic rings. The van der Waals surface area contributed by atoms with Crippen molar-refractivity contribution in [2.75, 3.05) is 4.90 Å². The van der Waals surface area contributed by atoms with Gasteiger partial charge in [-0.3, -0.25) is 0 Å². The smallest absolute Gasteiger partial charge is 0.136 e. The highest BCUT2D eigenvalue weighted by Crippen LogP contribution is 2.38. The molecule has 0 fully saturated rings. The largest absolute Gasteiger partial charge is 0.323 e. The highest BCUT2D eigenvalue weighted by atomic mass is 79.9. The molecule has 0 amide bonds. The Morgan fingerprint density at radius 2 is 2.11 bits per heavy atom. The molecule has 18 heavy (non-hydrogen) atoms. The maximum Gasteiger partial charge on any atom is 0.136 e. The van der Waals surface area contributed by atoms with Gasteiger partial charge in [-0.05, 0) is 59.5 Å². The molecule has 3 rings (SSSR count). The Hall–Kier alpha value is -1.35. The summed E-state index contributed by atoms with van der Waals surface area (Å²) in [5.41, 5.74) is 3.91. The van der Waals surface area contributed by atoms with Crippen LogP contribution in [0.15, 0.2) is 41.0 Å². The average molecular weight is 303 g/mol. The van der Waals surface area contributed by atoms with Crippen LogP contribution in [0.25, 0.3) is 0 Å². The van der Waals surface area contributed by atoms with Gasteiger partial charge in [0, 0.05) is 22.4 Å². The Morgan fingerprint density at radius 3 is 2.89 bits per heavy atom. The maximum absolute atomic E-state index is 4.59. The molecule has 2 nitrogen and oxygen atoms in total. The molecule has 1 aliphatic heterocycles. The molecule has 1 aromatic heterocycles. The van der Waals surface area contributed by atoms with Gasteiger partial charge in [0.05, 0.1) is 0 Å². The second-order valence-corrected chi connectivity index (χ2v) is 5.76. The molecule has 1 aliphatic rings. The lowest BCUT2D eigenvalue weighted by Crippen LogP contribution is -2.25. The van der Waals surface area contributed by atoms with Crippen molar-refractivity contribution in [2.45, 2.75) is 26.3 Å². The summed E-state index contributed by atoms with van der Waals surface area (Å²) in [6.45, 7) is 4.36. The van der Waals surface area contributed by atoms with E-state index in [1.165, 1.54) is 16.8 Å². The molecule has 0 N–H and O–H groups in total. The fourth-order valence-corrected chi connectivity index (χ4v) is 3.12. The first-order valence-corrected chi connectivity index (χ1v) is 6.95. The first kappa shape index (κ1) is 11.7. The van der Waals surface area contributed by atoms with E-state index in [0.29, 0.717) is 6.04 Å². The number of hydrogen-bond acceptors (Lipinski definition) is 2. The molecule has 0 saturated heterocycles. The van der Waals surface area contributed by atoms with Gasteiger partial charge < -0.3 is 4.90 Å². The van der Waals surface area contributed by atoms with Crippen molar-refractivity contribution in [2.24, 2.45) is 0 Å². The molecular formula is C15H15BrN2. The summed E-state index contributed by atoms with van der Waals surface area (Å²) >= 11 is 3.47. The van der Waals surface area contributed by atoms with E-state index in [2.05, 4.69) is 70.0 Å². The number of nitrogens with zero attached hydrogens (tertiary/aromatic N) is 2. The van der Waals surface area contributed by atoms with Crippen molar-refractivity contribution >= 4 is 27.4 Å². The van der Waals surface area contributed by atoms with E-state index in [1.807, 2.05) is 6.20 Å². The first-order chi connectivity index (χ1) is 8.66. The van der Waals surface area contributed by atoms with Gasteiger partial charge >= 0.3 is 0 Å². The lowest BCUT2D eigenvalue weighted by atomic mass is 10.1. The molecule has 0 saturated carbocycles. The quantitative estimate of drug-likeness (QED) is 0.783. The van der Waals surface area contributed by atoms with Crippen LogP contribution in [0, 0.1) is 6.92 Å². The lowest BCUT2D eigenvalue weighted by molar-refractivity contribution is 0.748. The fourth-order valence-electron chi connectivity index (χ4n) is 2.67. The van der Waals surface area contributed by atoms with Crippen molar-refractivity contribution in [1.82, 2.24) is 4.98 Å². The van der Waals surface area contributed by atoms with Gasteiger partial charge in [-0.15, -0.1) is 0 Å². The zero-order chi connectivity index (χ0) is 12.7. The van der Waals surface area contributed by atoms with Crippen LogP contribution >= 0.6 is 15.9 Å². The van der Waals surface area contributed by atoms with Gasteiger partial charge in [-0.1, -0.05) is 18.2 Å². The van der Waals surface area contributed by atoms with E-state index in [9.17, 15) is 0 Å². The summed E-state index contributed by atoms with van der Waals surface area (Å²) in [5, 5.41) is 0. The molecule has 1 atom stereocenters. The number of fused-ring (bicyclic) bond motifs is 1. The molecule has 0 bridgehead atoms. The van der Waals surface area contributed by atoms with Crippen LogP contribution in [0.5, 0.6) is 0 Å². The normalized spacial score (nSPS) is 17.9. The van der Waals surface area contributed by atoms with Crippen LogP contribution in [-0.4, -0.2) is 11.0 Å². The number of aromatic nitrogens is 1. The zero-order valence-corrected chi connectivity index (χ0v) is 12.1. The van der Waals surface area contributed by atoms with Gasteiger partial charge in [0.15, 0.2) is 0 Å². The first-order valence-electron chi connectivity index (χ1n) is 6.16. The Morgan fingerprint density at radius 1 is 1.33 bits per heavy atom. The minimum atomic E-state index is 0.467. The second kappa shape index (κ2) is 4.39. The minimum Gasteiger partial charge on any atom is -0.323 e. The molecule has 2 heterocycles. The fraction of sp³-hybridized carbons (Fsp3) is 0.267. The lowest BCUT2D eigenvalue weighted by Gasteiger charge is -2.25. The van der Waals surface area contributed by atoms with Crippen LogP contribution < -0.4 is 4.90 Å². The molecule has 1 unspecified atom stereocenters. The number of rotatable bonds is 1. The van der Waals surface area contributed by atoms with Gasteiger partial charge in [0.1, 0.15) is 5.82 Å². The number of pyridine rings is 1. The number of benzene rings is 1. The zero-order valence-electron chi connectivity index (χ0n) is 10.5. The Labute approximate surface area is 116 Å². The number of aryl methyl sites for hydroxylation is 1. The van der Waals surface area contributed by atoms with E-state index < -0.39 is 0 Å². The highest BCUT2D eigenvalue weighted by molar-refractivity contribution is 9.10. The summed E-state index contributed by atoms with van der Waals surface area (Å²) in [4.78, 5) is 6.93. The van der Waals surface area contributed by atoms with Gasteiger partial charge in [-0.25, -0.2) is 4.98 Å². The Bertz CT molecular complexity index is 595. The SMILES string of the molecule is Cc1cc(Br)cnc1N1c2ccccc2CC1C. The van der Waals surface area contributed by atoms with Crippen LogP contribution in [0.4, 0.5) is 11.5 Å². The third-order valence-corrected chi connectivity index (χ3v) is 3.89. The number of para-hydroxylation sites is 1. The Kier molecular flexibility index (Phi) is 2.86. The van der Waals surface area contributed by atoms with E-state index in [0.717, 1.165) is 16.7 Å². The molecule has 1 aromatic carbocycles. The van der Waals surface area contributed by atoms with E-state index in [1.54, 1.807) is 0 Å². The topological polar surface area (TPSA) is 16.1 Å². The Balaban J connectivity index is 2.12. The van der Waals surface area contributed by atoms with Crippen LogP contribution in [0.1, 0.15) is 18.1 Å². The van der Waals surface area contributed by atoms with Crippen molar-refractivity contribution in [3.05, 3.63) is 52.1 Å². The molecule has 92 valence electrons. The predicted molar refractivity (Wildman–Crippen MR) is 78.4 cm³/mol. The molecule has 0 radical (unpaired) electrons. The van der Waals surface area contributed by atoms with Crippen LogP contribution in [0.3, 0.4) is 0 Å². The molecular weight excluding hydrogens is 288 g/mol. The third-order valence-electron chi connectivity index (χ3n) is 3.45. The van der Waals surface area contributed by atoms with Gasteiger partial charge in [0.25, 0.3) is 0 Å². The summed E-state index contributed by atoms with van der Waals surface area (Å²) < 4.78 is 1.03. The summed E-state index contributed by atoms with van der Waals surface area (Å²) in [6, 6.07) is 11.2. The van der Waals surface area contributed by atoms with Crippen molar-refractivity contribution in [1.29, 1.82) is 0 Å². The third kappa shape index (κ3) is 1.83. The summed E-state index contributed by atoms with van der Waals surface area (Å²) in [5.74, 6) is 1.07. The van der Waals surface area contributed by atoms with Crippen molar-refractivity contribution < 1.29 is 0 Å². The number of halogens is 1. The highest BCUT2D eigenvalue weighted by Gasteiger charge is 2.28. The van der Waals surface area contributed by atoms with Crippen LogP contribution in [-0.2, 0) is 6.42 Å². The summed E-state index contributed by atoms with van der Waals surface area (Å²) in [7, 11) is 0. The number of hydrogen-bond donors (Lipinski definition) is 0. The standard InChI is InChI=1S/C15H15BrN2/c1-10-7-13(16)9-17-15(10)18-11(2)8-12-5-3-4-6-14(12)18/h3-7,9,11H,8H2,1-2H3. The van der Waals surface area contributed by atoms with Crippen LogP contribution in [0.2, 0.25) is 0 Å². The van der Waals surface area contributed by atoms with E-state index in [4.69, 9.17) is 0 Å². The average Bonchev–Trinajstić information content (AvgIpc) is 2.66. The van der Waals surface area contributed by atoms with Crippen molar-refractivity contribution in [3.63, 3.8) is 0 Å². The molecule has 0 aliphatic carbocycles. The maximum atomic E-state index is 4.59. The minimum absolute atomic E-state index is 0.467. The monoisotopic (exact) mass is 302 g/mol.